The monoisotopic (exact) mass is 1460 g/mol. The molecule has 106 heavy (non-hydrogen) atoms. The maximum atomic E-state index is 14.0. The summed E-state index contributed by atoms with van der Waals surface area (Å²) in [6.07, 6.45) is 16.6. The van der Waals surface area contributed by atoms with E-state index in [1.807, 2.05) is 0 Å². The minimum atomic E-state index is -1.54. The lowest BCUT2D eigenvalue weighted by molar-refractivity contribution is -0.138. The van der Waals surface area contributed by atoms with Gasteiger partial charge in [-0.2, -0.15) is 0 Å². The van der Waals surface area contributed by atoms with Gasteiger partial charge < -0.3 is 67.1 Å². The van der Waals surface area contributed by atoms with E-state index in [4.69, 9.17) is 56.8 Å². The maximum Gasteiger partial charge on any atom is 0.343 e. The highest BCUT2D eigenvalue weighted by molar-refractivity contribution is 5.99. The van der Waals surface area contributed by atoms with Gasteiger partial charge in [-0.15, -0.1) is 0 Å². The van der Waals surface area contributed by atoms with Gasteiger partial charge >= 0.3 is 59.7 Å². The first kappa shape index (κ1) is 83.1. The fourth-order valence-electron chi connectivity index (χ4n) is 10.3. The molecule has 0 aliphatic heterocycles. The van der Waals surface area contributed by atoms with Crippen molar-refractivity contribution in [3.63, 3.8) is 0 Å². The lowest BCUT2D eigenvalue weighted by atomic mass is 9.98. The Morgan fingerprint density at radius 2 is 0.500 bits per heavy atom. The van der Waals surface area contributed by atoms with Crippen LogP contribution in [0.1, 0.15) is 189 Å². The second kappa shape index (κ2) is 46.7. The normalized spacial score (nSPS) is 10.6. The van der Waals surface area contributed by atoms with Gasteiger partial charge in [0.15, 0.2) is 0 Å². The van der Waals surface area contributed by atoms with Crippen LogP contribution in [-0.4, -0.2) is 123 Å². The number of hydrogen-bond acceptors (Lipinski definition) is 22. The van der Waals surface area contributed by atoms with Gasteiger partial charge in [-0.05, 0) is 261 Å². The molecule has 0 spiro atoms. The van der Waals surface area contributed by atoms with Gasteiger partial charge in [0, 0.05) is 24.3 Å². The summed E-state index contributed by atoms with van der Waals surface area (Å²) in [6, 6.07) is 29.1. The van der Waals surface area contributed by atoms with Crippen molar-refractivity contribution in [3.8, 4) is 46.0 Å². The largest absolute Gasteiger partial charge is 0.494 e. The Bertz CT molecular complexity index is 3670. The van der Waals surface area contributed by atoms with E-state index in [2.05, 4.69) is 26.3 Å². The molecule has 0 unspecified atom stereocenters. The number of rotatable bonds is 51. The Kier molecular flexibility index (Phi) is 36.6. The molecule has 0 amide bonds. The molecular formula is C82H90O24. The molecule has 0 aliphatic carbocycles. The van der Waals surface area contributed by atoms with E-state index >= 15 is 0 Å². The van der Waals surface area contributed by atoms with Crippen molar-refractivity contribution < 1.29 is 115 Å². The van der Waals surface area contributed by atoms with Crippen molar-refractivity contribution in [2.24, 2.45) is 0 Å². The van der Waals surface area contributed by atoms with E-state index in [0.717, 1.165) is 87.8 Å². The molecule has 0 radical (unpaired) electrons. The number of ether oxygens (including phenoxy) is 12. The number of aryl methyl sites for hydroxylation is 2. The molecule has 24 heteroatoms. The fraction of sp³-hybridized carbons (Fsp3) is 0.341. The summed E-state index contributed by atoms with van der Waals surface area (Å²) >= 11 is 0. The molecule has 6 aromatic rings. The molecule has 2 N–H and O–H groups in total. The van der Waals surface area contributed by atoms with E-state index in [1.165, 1.54) is 60.7 Å². The van der Waals surface area contributed by atoms with Crippen molar-refractivity contribution in [1.29, 1.82) is 0 Å². The molecule has 24 nitrogen and oxygen atoms in total. The minimum Gasteiger partial charge on any atom is -0.494 e. The molecule has 0 heterocycles. The number of esters is 8. The number of aromatic carboxylic acids is 2. The third kappa shape index (κ3) is 30.2. The lowest BCUT2D eigenvalue weighted by Gasteiger charge is -2.17. The molecular weight excluding hydrogens is 1370 g/mol. The summed E-state index contributed by atoms with van der Waals surface area (Å²) in [5, 5.41) is 21.5. The van der Waals surface area contributed by atoms with Crippen LogP contribution in [0.2, 0.25) is 0 Å². The molecule has 0 fully saturated rings. The van der Waals surface area contributed by atoms with Crippen LogP contribution in [0.3, 0.4) is 0 Å². The van der Waals surface area contributed by atoms with Crippen LogP contribution in [0.4, 0.5) is 0 Å². The van der Waals surface area contributed by atoms with E-state index in [9.17, 15) is 58.2 Å². The number of hydrogen-bond donors (Lipinski definition) is 2. The first-order valence-corrected chi connectivity index (χ1v) is 35.2. The van der Waals surface area contributed by atoms with Crippen molar-refractivity contribution in [1.82, 2.24) is 0 Å². The Morgan fingerprint density at radius 3 is 0.726 bits per heavy atom. The van der Waals surface area contributed by atoms with Gasteiger partial charge in [0.25, 0.3) is 0 Å². The zero-order chi connectivity index (χ0) is 76.3. The van der Waals surface area contributed by atoms with Crippen molar-refractivity contribution >= 4 is 59.7 Å². The van der Waals surface area contributed by atoms with Gasteiger partial charge in [-0.1, -0.05) is 26.3 Å². The average Bonchev–Trinajstić information content (AvgIpc) is 0.805. The molecule has 6 aromatic carbocycles. The minimum absolute atomic E-state index is 0.0366. The summed E-state index contributed by atoms with van der Waals surface area (Å²) in [4.78, 5) is 127. The van der Waals surface area contributed by atoms with Gasteiger partial charge in [0.1, 0.15) is 57.1 Å². The second-order valence-electron chi connectivity index (χ2n) is 23.9. The summed E-state index contributed by atoms with van der Waals surface area (Å²) < 4.78 is 67.0. The third-order valence-electron chi connectivity index (χ3n) is 15.9. The standard InChI is InChI=1S/C82H90O24/c1-5-71(83)99-49-23-13-9-19-45-95-63-37-29-57(30-38-63)79(91)103-67-53-61(75(69(55-67)77(87)88)105-81(93)59-33-41-65(42-34-59)97-47-21-11-15-25-51-101-73(85)7-3)27-17-18-28-62-54-68(104-80(92)58-31-39-64(40-32-58)96-46-20-10-14-24-50-100-72(84)6-2)56-70(78(89)90)76(62)106-82(94)60-35-43-66(44-36-60)98-48-22-12-16-26-52-102-74(86)8-4/h5-8,29-44,53-56H,1-4,9-28,45-52H2,(H,87,88)(H,89,90). The predicted molar refractivity (Wildman–Crippen MR) is 390 cm³/mol. The van der Waals surface area contributed by atoms with Gasteiger partial charge in [0.2, 0.25) is 0 Å². The zero-order valence-corrected chi connectivity index (χ0v) is 59.4. The highest BCUT2D eigenvalue weighted by Crippen LogP contribution is 2.36. The summed E-state index contributed by atoms with van der Waals surface area (Å²) in [7, 11) is 0. The molecule has 0 bridgehead atoms. The molecule has 0 aliphatic rings. The van der Waals surface area contributed by atoms with E-state index in [-0.39, 0.29) is 108 Å². The van der Waals surface area contributed by atoms with Crippen LogP contribution in [0.15, 0.2) is 172 Å². The lowest BCUT2D eigenvalue weighted by Crippen LogP contribution is -2.15. The van der Waals surface area contributed by atoms with Crippen LogP contribution in [0.25, 0.3) is 0 Å². The zero-order valence-electron chi connectivity index (χ0n) is 59.4. The molecule has 6 rings (SSSR count). The predicted octanol–water partition coefficient (Wildman–Crippen LogP) is 15.2. The number of benzene rings is 6. The van der Waals surface area contributed by atoms with Crippen LogP contribution >= 0.6 is 0 Å². The molecule has 0 aromatic heterocycles. The van der Waals surface area contributed by atoms with Gasteiger partial charge in [-0.3, -0.25) is 0 Å². The van der Waals surface area contributed by atoms with Crippen LogP contribution in [-0.2, 0) is 51.0 Å². The Balaban J connectivity index is 1.22. The second-order valence-corrected chi connectivity index (χ2v) is 23.9. The topological polar surface area (TPSA) is 322 Å². The highest BCUT2D eigenvalue weighted by Gasteiger charge is 2.26. The van der Waals surface area contributed by atoms with Crippen LogP contribution < -0.4 is 37.9 Å². The average molecular weight is 1460 g/mol. The van der Waals surface area contributed by atoms with E-state index < -0.39 is 70.8 Å². The quantitative estimate of drug-likeness (QED) is 0.0118. The Hall–Kier alpha value is -11.8. The highest BCUT2D eigenvalue weighted by atomic mass is 16.6. The molecule has 562 valence electrons. The smallest absolute Gasteiger partial charge is 0.343 e. The SMILES string of the molecule is C=CC(=O)OCCCCCCOc1ccc(C(=O)Oc2cc(CCCCc3cc(OC(=O)c4ccc(OCCCCCCOC(=O)C=C)cc4)cc(C(=O)O)c3OC(=O)c3ccc(OCCCCCCOC(=O)C=C)cc3)c(OC(=O)c3ccc(OCCCCCCOC(=O)C=C)cc3)c(C(=O)O)c2)cc1. The number of carboxylic acids is 2. The van der Waals surface area contributed by atoms with E-state index in [1.54, 1.807) is 48.5 Å². The molecule has 0 atom stereocenters. The van der Waals surface area contributed by atoms with Crippen molar-refractivity contribution in [2.45, 2.75) is 128 Å². The van der Waals surface area contributed by atoms with Crippen LogP contribution in [0.5, 0.6) is 46.0 Å². The Labute approximate surface area is 615 Å². The summed E-state index contributed by atoms with van der Waals surface area (Å²) in [6.45, 7) is 16.1. The van der Waals surface area contributed by atoms with Crippen molar-refractivity contribution in [3.05, 3.63) is 216 Å². The summed E-state index contributed by atoms with van der Waals surface area (Å²) in [5.41, 5.74) is -0.572. The van der Waals surface area contributed by atoms with Gasteiger partial charge in [-0.25, -0.2) is 47.9 Å². The third-order valence-corrected chi connectivity index (χ3v) is 15.9. The van der Waals surface area contributed by atoms with E-state index in [0.29, 0.717) is 101 Å². The molecule has 0 saturated heterocycles. The number of carbonyl (C=O) groups is 10. The van der Waals surface area contributed by atoms with Crippen molar-refractivity contribution in [2.75, 3.05) is 52.9 Å². The first-order valence-electron chi connectivity index (χ1n) is 35.2. The number of carbonyl (C=O) groups excluding carboxylic acids is 8. The van der Waals surface area contributed by atoms with Crippen LogP contribution in [0, 0.1) is 0 Å². The number of unbranched alkanes of at least 4 members (excludes halogenated alkanes) is 13. The first-order chi connectivity index (χ1) is 51.4. The fourth-order valence-corrected chi connectivity index (χ4v) is 10.3. The molecule has 0 saturated carbocycles. The number of carboxylic acid groups (broad SMARTS) is 2. The summed E-state index contributed by atoms with van der Waals surface area (Å²) in [5.74, 6) is -7.87. The van der Waals surface area contributed by atoms with Gasteiger partial charge in [0.05, 0.1) is 75.1 Å². The maximum absolute atomic E-state index is 14.0. The Morgan fingerprint density at radius 1 is 0.274 bits per heavy atom.